The number of nitrogens with one attached hydrogen (secondary N) is 1. The lowest BCUT2D eigenvalue weighted by atomic mass is 10.1. The van der Waals surface area contributed by atoms with Crippen molar-refractivity contribution in [1.29, 1.82) is 0 Å². The van der Waals surface area contributed by atoms with E-state index >= 15 is 0 Å². The number of benzene rings is 2. The molecule has 2 aromatic rings. The molecule has 0 aliphatic carbocycles. The van der Waals surface area contributed by atoms with E-state index < -0.39 is 0 Å². The van der Waals surface area contributed by atoms with Crippen molar-refractivity contribution < 1.29 is 14.3 Å². The Morgan fingerprint density at radius 1 is 1.25 bits per heavy atom. The third-order valence-corrected chi connectivity index (χ3v) is 4.12. The van der Waals surface area contributed by atoms with Crippen molar-refractivity contribution in [3.05, 3.63) is 59.7 Å². The number of urea groups is 1. The highest BCUT2D eigenvalue weighted by Crippen LogP contribution is 2.27. The monoisotopic (exact) mass is 326 g/mol. The number of methoxy groups -OCH3 is 1. The SMILES string of the molecule is COc1ccc(CN(C)C(=O)NCC2Cc3ccccc3O2)cc1. The largest absolute Gasteiger partial charge is 0.497 e. The van der Waals surface area contributed by atoms with E-state index in [1.165, 1.54) is 5.56 Å². The molecule has 0 bridgehead atoms. The third kappa shape index (κ3) is 3.79. The van der Waals surface area contributed by atoms with Gasteiger partial charge in [-0.2, -0.15) is 0 Å². The first-order chi connectivity index (χ1) is 11.7. The molecule has 126 valence electrons. The van der Waals surface area contributed by atoms with E-state index in [1.807, 2.05) is 42.5 Å². The van der Waals surface area contributed by atoms with E-state index in [1.54, 1.807) is 19.1 Å². The summed E-state index contributed by atoms with van der Waals surface area (Å²) in [7, 11) is 3.42. The average molecular weight is 326 g/mol. The lowest BCUT2D eigenvalue weighted by molar-refractivity contribution is 0.191. The van der Waals surface area contributed by atoms with Crippen LogP contribution in [0.5, 0.6) is 11.5 Å². The standard InChI is InChI=1S/C19H22N2O3/c1-21(13-14-7-9-16(23-2)10-8-14)19(22)20-12-17-11-15-5-3-4-6-18(15)24-17/h3-10,17H,11-13H2,1-2H3,(H,20,22). The van der Waals surface area contributed by atoms with Crippen LogP contribution in [0.3, 0.4) is 0 Å². The minimum absolute atomic E-state index is 0.000682. The molecule has 1 unspecified atom stereocenters. The van der Waals surface area contributed by atoms with Gasteiger partial charge >= 0.3 is 6.03 Å². The number of hydrogen-bond donors (Lipinski definition) is 1. The lowest BCUT2D eigenvalue weighted by Crippen LogP contribution is -2.41. The highest BCUT2D eigenvalue weighted by atomic mass is 16.5. The first-order valence-electron chi connectivity index (χ1n) is 8.02. The summed E-state index contributed by atoms with van der Waals surface area (Å²) in [6.45, 7) is 1.04. The highest BCUT2D eigenvalue weighted by molar-refractivity contribution is 5.73. The maximum Gasteiger partial charge on any atom is 0.317 e. The van der Waals surface area contributed by atoms with Crippen LogP contribution in [-0.2, 0) is 13.0 Å². The van der Waals surface area contributed by atoms with E-state index in [0.29, 0.717) is 13.1 Å². The minimum atomic E-state index is -0.106. The third-order valence-electron chi connectivity index (χ3n) is 4.12. The Morgan fingerprint density at radius 2 is 2.00 bits per heavy atom. The first-order valence-corrected chi connectivity index (χ1v) is 8.02. The zero-order chi connectivity index (χ0) is 16.9. The number of ether oxygens (including phenoxy) is 2. The number of hydrogen-bond acceptors (Lipinski definition) is 3. The summed E-state index contributed by atoms with van der Waals surface area (Å²) in [6.07, 6.45) is 0.833. The Labute approximate surface area is 142 Å². The van der Waals surface area contributed by atoms with Crippen LogP contribution in [-0.4, -0.2) is 37.7 Å². The average Bonchev–Trinajstić information content (AvgIpc) is 3.03. The number of para-hydroxylation sites is 1. The summed E-state index contributed by atoms with van der Waals surface area (Å²) in [5.41, 5.74) is 2.25. The van der Waals surface area contributed by atoms with Gasteiger partial charge in [0.25, 0.3) is 0 Å². The molecule has 0 fully saturated rings. The zero-order valence-electron chi connectivity index (χ0n) is 14.0. The maximum absolute atomic E-state index is 12.2. The van der Waals surface area contributed by atoms with Crippen LogP contribution in [0.15, 0.2) is 48.5 Å². The van der Waals surface area contributed by atoms with Gasteiger partial charge in [-0.15, -0.1) is 0 Å². The van der Waals surface area contributed by atoms with Crippen molar-refractivity contribution in [1.82, 2.24) is 10.2 Å². The molecule has 1 heterocycles. The van der Waals surface area contributed by atoms with E-state index in [-0.39, 0.29) is 12.1 Å². The van der Waals surface area contributed by atoms with Crippen molar-refractivity contribution in [2.45, 2.75) is 19.1 Å². The van der Waals surface area contributed by atoms with E-state index in [2.05, 4.69) is 11.4 Å². The van der Waals surface area contributed by atoms with E-state index in [4.69, 9.17) is 9.47 Å². The van der Waals surface area contributed by atoms with Crippen LogP contribution in [0.25, 0.3) is 0 Å². The van der Waals surface area contributed by atoms with Crippen molar-refractivity contribution >= 4 is 6.03 Å². The molecule has 0 spiro atoms. The fourth-order valence-electron chi connectivity index (χ4n) is 2.78. The molecule has 1 N–H and O–H groups in total. The molecular formula is C19H22N2O3. The number of carbonyl (C=O) groups is 1. The van der Waals surface area contributed by atoms with Crippen molar-refractivity contribution in [2.24, 2.45) is 0 Å². The quantitative estimate of drug-likeness (QED) is 0.919. The van der Waals surface area contributed by atoms with Gasteiger partial charge in [-0.1, -0.05) is 30.3 Å². The molecule has 24 heavy (non-hydrogen) atoms. The van der Waals surface area contributed by atoms with Crippen molar-refractivity contribution in [3.63, 3.8) is 0 Å². The van der Waals surface area contributed by atoms with Crippen LogP contribution in [0.2, 0.25) is 0 Å². The fourth-order valence-corrected chi connectivity index (χ4v) is 2.78. The van der Waals surface area contributed by atoms with Gasteiger partial charge in [-0.05, 0) is 29.3 Å². The molecule has 1 aliphatic heterocycles. The normalized spacial score (nSPS) is 15.3. The first kappa shape index (κ1) is 16.2. The summed E-state index contributed by atoms with van der Waals surface area (Å²) < 4.78 is 11.0. The van der Waals surface area contributed by atoms with Gasteiger partial charge in [0.1, 0.15) is 17.6 Å². The Kier molecular flexibility index (Phi) is 4.89. The summed E-state index contributed by atoms with van der Waals surface area (Å²) in [6, 6.07) is 15.6. The Balaban J connectivity index is 1.46. The number of rotatable bonds is 5. The molecule has 2 amide bonds. The van der Waals surface area contributed by atoms with Gasteiger partial charge in [-0.25, -0.2) is 4.79 Å². The second-order valence-electron chi connectivity index (χ2n) is 5.94. The summed E-state index contributed by atoms with van der Waals surface area (Å²) in [5.74, 6) is 1.73. The summed E-state index contributed by atoms with van der Waals surface area (Å²) >= 11 is 0. The second kappa shape index (κ2) is 7.25. The van der Waals surface area contributed by atoms with Crippen LogP contribution >= 0.6 is 0 Å². The molecule has 0 radical (unpaired) electrons. The molecule has 5 heteroatoms. The number of nitrogens with zero attached hydrogens (tertiary/aromatic N) is 1. The molecule has 2 aromatic carbocycles. The van der Waals surface area contributed by atoms with Gasteiger partial charge in [0.2, 0.25) is 0 Å². The van der Waals surface area contributed by atoms with Gasteiger partial charge in [0.15, 0.2) is 0 Å². The molecular weight excluding hydrogens is 304 g/mol. The number of carbonyl (C=O) groups excluding carboxylic acids is 1. The Hall–Kier alpha value is -2.69. The van der Waals surface area contributed by atoms with Crippen LogP contribution in [0.1, 0.15) is 11.1 Å². The fraction of sp³-hybridized carbons (Fsp3) is 0.316. The van der Waals surface area contributed by atoms with Gasteiger partial charge in [0, 0.05) is 20.0 Å². The predicted molar refractivity (Wildman–Crippen MR) is 92.4 cm³/mol. The van der Waals surface area contributed by atoms with Crippen molar-refractivity contribution in [3.8, 4) is 11.5 Å². The topological polar surface area (TPSA) is 50.8 Å². The Morgan fingerprint density at radius 3 is 2.71 bits per heavy atom. The van der Waals surface area contributed by atoms with Crippen LogP contribution in [0.4, 0.5) is 4.79 Å². The molecule has 1 aliphatic rings. The molecule has 0 aromatic heterocycles. The summed E-state index contributed by atoms with van der Waals surface area (Å²) in [4.78, 5) is 13.9. The minimum Gasteiger partial charge on any atom is -0.497 e. The predicted octanol–water partition coefficient (Wildman–Crippen LogP) is 2.84. The highest BCUT2D eigenvalue weighted by Gasteiger charge is 2.23. The smallest absolute Gasteiger partial charge is 0.317 e. The van der Waals surface area contributed by atoms with Gasteiger partial charge in [0.05, 0.1) is 13.7 Å². The van der Waals surface area contributed by atoms with Crippen molar-refractivity contribution in [2.75, 3.05) is 20.7 Å². The van der Waals surface area contributed by atoms with Gasteiger partial charge in [-0.3, -0.25) is 0 Å². The Bertz CT molecular complexity index is 675. The zero-order valence-corrected chi connectivity index (χ0v) is 14.0. The lowest BCUT2D eigenvalue weighted by Gasteiger charge is -2.20. The summed E-state index contributed by atoms with van der Waals surface area (Å²) in [5, 5.41) is 2.94. The van der Waals surface area contributed by atoms with Crippen LogP contribution < -0.4 is 14.8 Å². The second-order valence-corrected chi connectivity index (χ2v) is 5.94. The molecule has 3 rings (SSSR count). The van der Waals surface area contributed by atoms with Crippen LogP contribution in [0, 0.1) is 0 Å². The van der Waals surface area contributed by atoms with E-state index in [0.717, 1.165) is 23.5 Å². The molecule has 0 saturated heterocycles. The maximum atomic E-state index is 12.2. The number of amides is 2. The molecule has 1 atom stereocenters. The molecule has 0 saturated carbocycles. The van der Waals surface area contributed by atoms with Gasteiger partial charge < -0.3 is 19.7 Å². The molecule has 5 nitrogen and oxygen atoms in total. The van der Waals surface area contributed by atoms with E-state index in [9.17, 15) is 4.79 Å². The number of fused-ring (bicyclic) bond motifs is 1.